The van der Waals surface area contributed by atoms with E-state index in [0.29, 0.717) is 30.2 Å². The van der Waals surface area contributed by atoms with Gasteiger partial charge in [0.1, 0.15) is 11.8 Å². The van der Waals surface area contributed by atoms with Crippen LogP contribution in [-0.4, -0.2) is 31.1 Å². The summed E-state index contributed by atoms with van der Waals surface area (Å²) in [5.41, 5.74) is 3.74. The van der Waals surface area contributed by atoms with Gasteiger partial charge in [-0.25, -0.2) is 4.79 Å². The summed E-state index contributed by atoms with van der Waals surface area (Å²) in [7, 11) is 1.64. The smallest absolute Gasteiger partial charge is 0.322 e. The number of urea groups is 1. The zero-order valence-corrected chi connectivity index (χ0v) is 15.6. The second-order valence-corrected chi connectivity index (χ2v) is 6.92. The van der Waals surface area contributed by atoms with Crippen LogP contribution in [0.25, 0.3) is 0 Å². The van der Waals surface area contributed by atoms with E-state index in [0.717, 1.165) is 22.6 Å². The number of anilines is 1. The molecular formula is C20H19ClN4O2. The number of benzene rings is 2. The first-order valence-electron chi connectivity index (χ1n) is 8.72. The minimum atomic E-state index is -0.170. The lowest BCUT2D eigenvalue weighted by Crippen LogP contribution is -2.40. The van der Waals surface area contributed by atoms with E-state index in [1.165, 1.54) is 0 Å². The number of nitrogens with zero attached hydrogens (tertiary/aromatic N) is 3. The zero-order valence-electron chi connectivity index (χ0n) is 14.9. The van der Waals surface area contributed by atoms with Crippen molar-refractivity contribution in [2.24, 2.45) is 10.2 Å². The fourth-order valence-corrected chi connectivity index (χ4v) is 3.54. The maximum absolute atomic E-state index is 12.7. The zero-order chi connectivity index (χ0) is 18.8. The Labute approximate surface area is 162 Å². The van der Waals surface area contributed by atoms with E-state index >= 15 is 0 Å². The van der Waals surface area contributed by atoms with Gasteiger partial charge in [-0.15, -0.1) is 0 Å². The number of azo groups is 1. The molecule has 0 aromatic heterocycles. The maximum Gasteiger partial charge on any atom is 0.322 e. The third-order valence-electron chi connectivity index (χ3n) is 4.75. The normalized spacial score (nSPS) is 18.4. The van der Waals surface area contributed by atoms with Crippen LogP contribution in [0.2, 0.25) is 5.02 Å². The molecule has 0 fully saturated rings. The number of rotatable bonds is 3. The first kappa shape index (κ1) is 17.5. The second-order valence-electron chi connectivity index (χ2n) is 6.48. The Morgan fingerprint density at radius 1 is 1.26 bits per heavy atom. The van der Waals surface area contributed by atoms with Crippen molar-refractivity contribution in [3.63, 3.8) is 0 Å². The van der Waals surface area contributed by atoms with Gasteiger partial charge >= 0.3 is 6.03 Å². The van der Waals surface area contributed by atoms with Crippen molar-refractivity contribution in [3.05, 3.63) is 70.4 Å². The van der Waals surface area contributed by atoms with E-state index in [9.17, 15) is 4.79 Å². The summed E-state index contributed by atoms with van der Waals surface area (Å²) < 4.78 is 5.31. The number of nitrogens with one attached hydrogen (secondary N) is 1. The molecule has 2 aromatic rings. The molecule has 0 saturated carbocycles. The largest absolute Gasteiger partial charge is 0.497 e. The van der Waals surface area contributed by atoms with Crippen LogP contribution >= 0.6 is 11.6 Å². The van der Waals surface area contributed by atoms with Crippen LogP contribution in [0.15, 0.2) is 70.0 Å². The monoisotopic (exact) mass is 382 g/mol. The molecule has 0 aliphatic carbocycles. The fraction of sp³-hybridized carbons (Fsp3) is 0.250. The van der Waals surface area contributed by atoms with Crippen LogP contribution in [0.3, 0.4) is 0 Å². The molecular weight excluding hydrogens is 364 g/mol. The van der Waals surface area contributed by atoms with Gasteiger partial charge < -0.3 is 15.0 Å². The number of halogens is 1. The first-order chi connectivity index (χ1) is 13.1. The highest BCUT2D eigenvalue weighted by Gasteiger charge is 2.32. The van der Waals surface area contributed by atoms with Gasteiger partial charge in [-0.05, 0) is 35.9 Å². The van der Waals surface area contributed by atoms with Crippen molar-refractivity contribution < 1.29 is 9.53 Å². The predicted molar refractivity (Wildman–Crippen MR) is 104 cm³/mol. The molecule has 0 radical (unpaired) electrons. The Bertz CT molecular complexity index is 941. The summed E-state index contributed by atoms with van der Waals surface area (Å²) >= 11 is 5.99. The number of carbonyl (C=O) groups excluding carboxylic acids is 1. The molecule has 27 heavy (non-hydrogen) atoms. The molecule has 4 rings (SSSR count). The number of hydrogen-bond donors (Lipinski definition) is 1. The van der Waals surface area contributed by atoms with E-state index in [1.54, 1.807) is 24.1 Å². The highest BCUT2D eigenvalue weighted by molar-refractivity contribution is 6.30. The molecule has 6 nitrogen and oxygen atoms in total. The van der Waals surface area contributed by atoms with Gasteiger partial charge in [0.25, 0.3) is 0 Å². The molecule has 2 aromatic carbocycles. The molecule has 138 valence electrons. The van der Waals surface area contributed by atoms with Crippen LogP contribution in [0, 0.1) is 0 Å². The lowest BCUT2D eigenvalue weighted by molar-refractivity contribution is 0.213. The average molecular weight is 383 g/mol. The quantitative estimate of drug-likeness (QED) is 0.807. The Kier molecular flexibility index (Phi) is 4.81. The van der Waals surface area contributed by atoms with Gasteiger partial charge in [0.15, 0.2) is 0 Å². The number of methoxy groups -OCH3 is 1. The van der Waals surface area contributed by atoms with Crippen LogP contribution < -0.4 is 10.1 Å². The number of carbonyl (C=O) groups is 1. The van der Waals surface area contributed by atoms with Crippen molar-refractivity contribution in [1.82, 2.24) is 4.90 Å². The van der Waals surface area contributed by atoms with Gasteiger partial charge in [-0.1, -0.05) is 29.8 Å². The van der Waals surface area contributed by atoms with E-state index in [4.69, 9.17) is 16.3 Å². The van der Waals surface area contributed by atoms with Crippen molar-refractivity contribution in [2.45, 2.75) is 12.5 Å². The summed E-state index contributed by atoms with van der Waals surface area (Å²) in [6, 6.07) is 14.6. The van der Waals surface area contributed by atoms with Gasteiger partial charge in [-0.3, -0.25) is 0 Å². The minimum Gasteiger partial charge on any atom is -0.497 e. The van der Waals surface area contributed by atoms with Gasteiger partial charge in [0.2, 0.25) is 0 Å². The molecule has 2 aliphatic heterocycles. The molecule has 1 unspecified atom stereocenters. The molecule has 2 heterocycles. The summed E-state index contributed by atoms with van der Waals surface area (Å²) in [5.74, 6) is 0.781. The van der Waals surface area contributed by atoms with Crippen LogP contribution in [-0.2, 0) is 0 Å². The molecule has 1 atom stereocenters. The molecule has 1 N–H and O–H groups in total. The fourth-order valence-electron chi connectivity index (χ4n) is 3.35. The standard InChI is InChI=1S/C20H19ClN4O2/c1-27-16-7-2-4-13(10-16)19-17-12-25(9-8-18(17)23-24-19)20(26)22-15-6-3-5-14(21)11-15/h2-7,10-11,19H,8-9,12H2,1H3,(H,22,26). The highest BCUT2D eigenvalue weighted by atomic mass is 35.5. The molecule has 2 amide bonds. The third kappa shape index (κ3) is 3.66. The van der Waals surface area contributed by atoms with E-state index < -0.39 is 0 Å². The van der Waals surface area contributed by atoms with Crippen LogP contribution in [0.1, 0.15) is 18.0 Å². The van der Waals surface area contributed by atoms with Crippen molar-refractivity contribution in [3.8, 4) is 5.75 Å². The van der Waals surface area contributed by atoms with Crippen LogP contribution in [0.4, 0.5) is 10.5 Å². The van der Waals surface area contributed by atoms with E-state index in [2.05, 4.69) is 15.5 Å². The SMILES string of the molecule is COc1cccc(C2N=NC3=C2CN(C(=O)Nc2cccc(Cl)c2)CC3)c1. The lowest BCUT2D eigenvalue weighted by atomic mass is 9.95. The Balaban J connectivity index is 1.50. The third-order valence-corrected chi connectivity index (χ3v) is 4.98. The van der Waals surface area contributed by atoms with Crippen LogP contribution in [0.5, 0.6) is 5.75 Å². The van der Waals surface area contributed by atoms with Crippen molar-refractivity contribution in [1.29, 1.82) is 0 Å². The lowest BCUT2D eigenvalue weighted by Gasteiger charge is -2.29. The minimum absolute atomic E-state index is 0.153. The molecule has 2 aliphatic rings. The van der Waals surface area contributed by atoms with Gasteiger partial charge in [0, 0.05) is 35.8 Å². The summed E-state index contributed by atoms with van der Waals surface area (Å²) in [6.07, 6.45) is 0.697. The molecule has 0 saturated heterocycles. The van der Waals surface area contributed by atoms with Crippen molar-refractivity contribution >= 4 is 23.3 Å². The molecule has 0 spiro atoms. The van der Waals surface area contributed by atoms with Gasteiger partial charge in [0.05, 0.1) is 12.8 Å². The topological polar surface area (TPSA) is 66.3 Å². The summed E-state index contributed by atoms with van der Waals surface area (Å²) in [4.78, 5) is 14.5. The summed E-state index contributed by atoms with van der Waals surface area (Å²) in [6.45, 7) is 1.10. The van der Waals surface area contributed by atoms with E-state index in [-0.39, 0.29) is 12.1 Å². The van der Waals surface area contributed by atoms with E-state index in [1.807, 2.05) is 36.4 Å². The van der Waals surface area contributed by atoms with Crippen molar-refractivity contribution in [2.75, 3.05) is 25.5 Å². The van der Waals surface area contributed by atoms with Gasteiger partial charge in [-0.2, -0.15) is 10.2 Å². The first-order valence-corrected chi connectivity index (χ1v) is 9.10. The Morgan fingerprint density at radius 2 is 2.11 bits per heavy atom. The Morgan fingerprint density at radius 3 is 2.93 bits per heavy atom. The number of ether oxygens (including phenoxy) is 1. The maximum atomic E-state index is 12.7. The predicted octanol–water partition coefficient (Wildman–Crippen LogP) is 5.05. The number of hydrogen-bond acceptors (Lipinski definition) is 4. The Hall–Kier alpha value is -2.86. The molecule has 7 heteroatoms. The summed E-state index contributed by atoms with van der Waals surface area (Å²) in [5, 5.41) is 12.3. The molecule has 0 bridgehead atoms. The second kappa shape index (κ2) is 7.40. The number of amides is 2. The highest BCUT2D eigenvalue weighted by Crippen LogP contribution is 2.39. The average Bonchev–Trinajstić information content (AvgIpc) is 3.11.